The Morgan fingerprint density at radius 3 is 2.55 bits per heavy atom. The van der Waals surface area contributed by atoms with Gasteiger partial charge in [-0.1, -0.05) is 12.1 Å². The van der Waals surface area contributed by atoms with E-state index in [4.69, 9.17) is 14.2 Å². The van der Waals surface area contributed by atoms with E-state index in [9.17, 15) is 23.1 Å². The van der Waals surface area contributed by atoms with Crippen LogP contribution >= 0.6 is 0 Å². The first-order valence-electron chi connectivity index (χ1n) is 10.8. The number of alkyl halides is 3. The zero-order valence-electron chi connectivity index (χ0n) is 17.6. The fourth-order valence-electron chi connectivity index (χ4n) is 4.63. The molecule has 3 aliphatic heterocycles. The normalized spacial score (nSPS) is 22.5. The van der Waals surface area contributed by atoms with Gasteiger partial charge in [0.1, 0.15) is 6.10 Å². The second-order valence-electron chi connectivity index (χ2n) is 8.41. The van der Waals surface area contributed by atoms with Gasteiger partial charge in [0.2, 0.25) is 6.79 Å². The maximum absolute atomic E-state index is 13.2. The lowest BCUT2D eigenvalue weighted by atomic mass is 9.95. The third-order valence-corrected chi connectivity index (χ3v) is 6.30. The van der Waals surface area contributed by atoms with Crippen LogP contribution in [0.2, 0.25) is 0 Å². The van der Waals surface area contributed by atoms with Gasteiger partial charge in [0.15, 0.2) is 11.5 Å². The maximum Gasteiger partial charge on any atom is 0.416 e. The summed E-state index contributed by atoms with van der Waals surface area (Å²) < 4.78 is 56.1. The van der Waals surface area contributed by atoms with Gasteiger partial charge < -0.3 is 19.3 Å². The number of aliphatic hydroxyl groups excluding tert-OH is 1. The summed E-state index contributed by atoms with van der Waals surface area (Å²) in [6.45, 7) is 1.41. The van der Waals surface area contributed by atoms with Crippen molar-refractivity contribution >= 4 is 11.8 Å². The highest BCUT2D eigenvalue weighted by Crippen LogP contribution is 2.40. The molecule has 7 nitrogen and oxygen atoms in total. The maximum atomic E-state index is 13.2. The first-order valence-corrected chi connectivity index (χ1v) is 10.8. The van der Waals surface area contributed by atoms with E-state index in [1.165, 1.54) is 17.0 Å². The number of amides is 1. The molecule has 2 fully saturated rings. The minimum atomic E-state index is -4.51. The van der Waals surface area contributed by atoms with Gasteiger partial charge in [-0.05, 0) is 48.7 Å². The van der Waals surface area contributed by atoms with Crippen LogP contribution in [0.4, 0.5) is 23.7 Å². The average molecular weight is 464 g/mol. The summed E-state index contributed by atoms with van der Waals surface area (Å²) >= 11 is 0. The number of fused-ring (bicyclic) bond motifs is 1. The Morgan fingerprint density at radius 1 is 1.03 bits per heavy atom. The van der Waals surface area contributed by atoms with Crippen LogP contribution in [0.15, 0.2) is 42.5 Å². The zero-order chi connectivity index (χ0) is 23.2. The van der Waals surface area contributed by atoms with Crippen LogP contribution in [0.1, 0.15) is 30.0 Å². The monoisotopic (exact) mass is 464 g/mol. The van der Waals surface area contributed by atoms with Crippen LogP contribution in [0, 0.1) is 0 Å². The second kappa shape index (κ2) is 8.42. The van der Waals surface area contributed by atoms with Crippen molar-refractivity contribution in [1.29, 1.82) is 0 Å². The van der Waals surface area contributed by atoms with Crippen molar-refractivity contribution in [2.75, 3.05) is 31.3 Å². The molecule has 0 aromatic heterocycles. The molecule has 5 rings (SSSR count). The van der Waals surface area contributed by atoms with Crippen LogP contribution < -0.4 is 14.4 Å². The van der Waals surface area contributed by atoms with Gasteiger partial charge in [-0.3, -0.25) is 9.80 Å². The molecule has 2 unspecified atom stereocenters. The molecule has 2 atom stereocenters. The molecule has 0 bridgehead atoms. The molecule has 0 spiro atoms. The van der Waals surface area contributed by atoms with E-state index < -0.39 is 23.9 Å². The number of nitrogens with zero attached hydrogens (tertiary/aromatic N) is 2. The number of benzene rings is 2. The van der Waals surface area contributed by atoms with Crippen molar-refractivity contribution in [3.8, 4) is 11.5 Å². The van der Waals surface area contributed by atoms with E-state index in [-0.39, 0.29) is 31.2 Å². The van der Waals surface area contributed by atoms with Crippen molar-refractivity contribution < 1.29 is 37.3 Å². The van der Waals surface area contributed by atoms with Gasteiger partial charge in [-0.15, -0.1) is 0 Å². The predicted molar refractivity (Wildman–Crippen MR) is 111 cm³/mol. The van der Waals surface area contributed by atoms with E-state index in [0.29, 0.717) is 37.4 Å². The molecule has 3 aliphatic rings. The molecule has 0 radical (unpaired) electrons. The Kier molecular flexibility index (Phi) is 5.57. The number of carbonyl (C=O) groups is 1. The van der Waals surface area contributed by atoms with Gasteiger partial charge >= 0.3 is 12.3 Å². The number of aliphatic hydroxyl groups is 1. The Bertz CT molecular complexity index is 1040. The number of anilines is 1. The van der Waals surface area contributed by atoms with Crippen LogP contribution in [0.3, 0.4) is 0 Å². The Morgan fingerprint density at radius 2 is 1.79 bits per heavy atom. The van der Waals surface area contributed by atoms with Crippen LogP contribution in [0.25, 0.3) is 0 Å². The Hall–Kier alpha value is -2.98. The van der Waals surface area contributed by atoms with Gasteiger partial charge in [0, 0.05) is 18.8 Å². The van der Waals surface area contributed by atoms with Crippen LogP contribution in [-0.2, 0) is 10.9 Å². The lowest BCUT2D eigenvalue weighted by molar-refractivity contribution is -0.137. The largest absolute Gasteiger partial charge is 0.454 e. The number of hydrogen-bond acceptors (Lipinski definition) is 6. The quantitative estimate of drug-likeness (QED) is 0.739. The molecule has 0 aliphatic carbocycles. The van der Waals surface area contributed by atoms with Crippen molar-refractivity contribution in [1.82, 2.24) is 4.90 Å². The topological polar surface area (TPSA) is 71.5 Å². The predicted octanol–water partition coefficient (Wildman–Crippen LogP) is 3.96. The van der Waals surface area contributed by atoms with E-state index >= 15 is 0 Å². The minimum absolute atomic E-state index is 0.0955. The fraction of sp³-hybridized carbons (Fsp3) is 0.435. The number of halogens is 3. The molecule has 2 aromatic carbocycles. The Labute approximate surface area is 188 Å². The van der Waals surface area contributed by atoms with Crippen molar-refractivity contribution in [3.63, 3.8) is 0 Å². The SMILES string of the molecule is O=C1OC(C(c2ccc3c(c2)OCO3)N2CCC(O)CC2)CN1c1cccc(C(F)(F)F)c1. The number of cyclic esters (lactones) is 1. The van der Waals surface area contributed by atoms with E-state index in [2.05, 4.69) is 4.90 Å². The molecule has 3 heterocycles. The molecule has 176 valence electrons. The molecule has 1 amide bonds. The highest BCUT2D eigenvalue weighted by molar-refractivity contribution is 5.90. The average Bonchev–Trinajstić information content (AvgIpc) is 3.41. The molecular formula is C23H23F3N2O5. The van der Waals surface area contributed by atoms with Crippen LogP contribution in [-0.4, -0.2) is 54.7 Å². The third-order valence-electron chi connectivity index (χ3n) is 6.30. The highest BCUT2D eigenvalue weighted by Gasteiger charge is 2.42. The molecule has 33 heavy (non-hydrogen) atoms. The summed E-state index contributed by atoms with van der Waals surface area (Å²) in [6.07, 6.45) is -5.04. The number of likely N-dealkylation sites (tertiary alicyclic amines) is 1. The van der Waals surface area contributed by atoms with Crippen molar-refractivity contribution in [3.05, 3.63) is 53.6 Å². The van der Waals surface area contributed by atoms with E-state index in [0.717, 1.165) is 17.7 Å². The molecule has 2 aromatic rings. The van der Waals surface area contributed by atoms with Crippen molar-refractivity contribution in [2.24, 2.45) is 0 Å². The first-order chi connectivity index (χ1) is 15.8. The summed E-state index contributed by atoms with van der Waals surface area (Å²) in [5, 5.41) is 9.95. The molecule has 10 heteroatoms. The van der Waals surface area contributed by atoms with Crippen LogP contribution in [0.5, 0.6) is 11.5 Å². The van der Waals surface area contributed by atoms with E-state index in [1.807, 2.05) is 12.1 Å². The fourth-order valence-corrected chi connectivity index (χ4v) is 4.63. The minimum Gasteiger partial charge on any atom is -0.454 e. The Balaban J connectivity index is 1.44. The standard InChI is InChI=1S/C23H23F3N2O5/c24-23(25,26)15-2-1-3-16(11-15)28-12-20(33-22(28)30)21(27-8-6-17(29)7-9-27)14-4-5-18-19(10-14)32-13-31-18/h1-5,10-11,17,20-21,29H,6-9,12-13H2. The summed E-state index contributed by atoms with van der Waals surface area (Å²) in [4.78, 5) is 16.1. The first kappa shape index (κ1) is 21.8. The van der Waals surface area contributed by atoms with Gasteiger partial charge in [-0.25, -0.2) is 4.79 Å². The number of hydrogen-bond donors (Lipinski definition) is 1. The third kappa shape index (κ3) is 4.32. The lowest BCUT2D eigenvalue weighted by Crippen LogP contribution is -2.44. The summed E-state index contributed by atoms with van der Waals surface area (Å²) in [6, 6.07) is 9.83. The lowest BCUT2D eigenvalue weighted by Gasteiger charge is -2.38. The van der Waals surface area contributed by atoms with Crippen molar-refractivity contribution in [2.45, 2.75) is 37.3 Å². The van der Waals surface area contributed by atoms with Gasteiger partial charge in [0.05, 0.1) is 24.3 Å². The molecular weight excluding hydrogens is 441 g/mol. The highest BCUT2D eigenvalue weighted by atomic mass is 19.4. The molecule has 0 saturated carbocycles. The summed E-state index contributed by atoms with van der Waals surface area (Å²) in [7, 11) is 0. The van der Waals surface area contributed by atoms with E-state index in [1.54, 1.807) is 6.07 Å². The second-order valence-corrected chi connectivity index (χ2v) is 8.41. The number of rotatable bonds is 4. The van der Waals surface area contributed by atoms with Gasteiger partial charge in [-0.2, -0.15) is 13.2 Å². The summed E-state index contributed by atoms with van der Waals surface area (Å²) in [5.74, 6) is 1.22. The molecule has 2 saturated heterocycles. The summed E-state index contributed by atoms with van der Waals surface area (Å²) in [5.41, 5.74) is 0.156. The molecule has 1 N–H and O–H groups in total. The zero-order valence-corrected chi connectivity index (χ0v) is 17.6. The number of piperidine rings is 1. The number of ether oxygens (including phenoxy) is 3. The van der Waals surface area contributed by atoms with Gasteiger partial charge in [0.25, 0.3) is 0 Å². The smallest absolute Gasteiger partial charge is 0.416 e. The number of carbonyl (C=O) groups excluding carboxylic acids is 1.